The van der Waals surface area contributed by atoms with E-state index in [0.29, 0.717) is 10.8 Å². The molecule has 30 heavy (non-hydrogen) atoms. The topological polar surface area (TPSA) is 56.2 Å². The summed E-state index contributed by atoms with van der Waals surface area (Å²) in [5, 5.41) is 6.68. The average Bonchev–Trinajstić information content (AvgIpc) is 3.35. The number of carbonyl (C=O) groups is 1. The fourth-order valence-electron chi connectivity index (χ4n) is 3.70. The van der Waals surface area contributed by atoms with Crippen LogP contribution in [0.2, 0.25) is 0 Å². The van der Waals surface area contributed by atoms with Crippen LogP contribution in [0.5, 0.6) is 5.75 Å². The maximum atomic E-state index is 13.2. The summed E-state index contributed by atoms with van der Waals surface area (Å²) < 4.78 is 7.35. The van der Waals surface area contributed by atoms with E-state index in [4.69, 9.17) is 4.74 Å². The van der Waals surface area contributed by atoms with Crippen molar-refractivity contribution >= 4 is 33.3 Å². The van der Waals surface area contributed by atoms with Crippen LogP contribution in [0.15, 0.2) is 53.9 Å². The van der Waals surface area contributed by atoms with Gasteiger partial charge < -0.3 is 9.30 Å². The van der Waals surface area contributed by atoms with E-state index in [1.165, 1.54) is 11.3 Å². The van der Waals surface area contributed by atoms with E-state index in [1.807, 2.05) is 48.7 Å². The zero-order chi connectivity index (χ0) is 21.1. The number of anilines is 1. The van der Waals surface area contributed by atoms with Crippen LogP contribution >= 0.6 is 11.3 Å². The Bertz CT molecular complexity index is 1180. The van der Waals surface area contributed by atoms with Crippen LogP contribution in [0, 0.1) is 6.92 Å². The molecule has 0 bridgehead atoms. The molecular formula is C24H25N3O2S. The summed E-state index contributed by atoms with van der Waals surface area (Å²) in [6.07, 6.45) is 2.10. The summed E-state index contributed by atoms with van der Waals surface area (Å²) in [6.45, 7) is 5.00. The number of amides is 1. The molecular weight excluding hydrogens is 394 g/mol. The summed E-state index contributed by atoms with van der Waals surface area (Å²) in [6, 6.07) is 15.9. The van der Waals surface area contributed by atoms with E-state index in [2.05, 4.69) is 33.9 Å². The first-order valence-electron chi connectivity index (χ1n) is 10.1. The highest BCUT2D eigenvalue weighted by Crippen LogP contribution is 2.29. The number of benzene rings is 2. The van der Waals surface area contributed by atoms with Gasteiger partial charge in [0.25, 0.3) is 5.91 Å². The van der Waals surface area contributed by atoms with E-state index >= 15 is 0 Å². The Morgan fingerprint density at radius 1 is 1.17 bits per heavy atom. The molecule has 2 aromatic carbocycles. The fraction of sp³-hybridized carbons (Fsp3) is 0.250. The number of carbonyl (C=O) groups excluding carboxylic acids is 1. The Labute approximate surface area is 180 Å². The first kappa shape index (κ1) is 20.2. The maximum absolute atomic E-state index is 13.2. The number of aromatic nitrogens is 2. The van der Waals surface area contributed by atoms with Crippen LogP contribution < -0.4 is 10.1 Å². The minimum atomic E-state index is -0.115. The molecule has 0 fully saturated rings. The largest absolute Gasteiger partial charge is 0.497 e. The third kappa shape index (κ3) is 3.83. The number of para-hydroxylation sites is 1. The molecule has 0 atom stereocenters. The number of hydrogen-bond acceptors (Lipinski definition) is 4. The standard InChI is InChI=1S/C24H25N3O2S/c1-4-5-14-27-21-9-7-6-8-19(21)16(2)22(27)23(28)26-24-25-20(15-30-24)17-10-12-18(29-3)13-11-17/h6-13,15H,4-5,14H2,1-3H3,(H,25,26,28). The number of nitrogens with one attached hydrogen (secondary N) is 1. The van der Waals surface area contributed by atoms with Crippen LogP contribution in [0.25, 0.3) is 22.2 Å². The van der Waals surface area contributed by atoms with Crippen molar-refractivity contribution in [3.05, 3.63) is 65.2 Å². The van der Waals surface area contributed by atoms with Crippen LogP contribution in [-0.2, 0) is 6.54 Å². The number of unbranched alkanes of at least 4 members (excludes halogenated alkanes) is 1. The molecule has 0 spiro atoms. The number of nitrogens with zero attached hydrogens (tertiary/aromatic N) is 2. The smallest absolute Gasteiger partial charge is 0.274 e. The normalized spacial score (nSPS) is 11.0. The fourth-order valence-corrected chi connectivity index (χ4v) is 4.41. The number of aryl methyl sites for hydroxylation is 2. The van der Waals surface area contributed by atoms with Gasteiger partial charge in [-0.1, -0.05) is 31.5 Å². The van der Waals surface area contributed by atoms with E-state index in [9.17, 15) is 4.79 Å². The van der Waals surface area contributed by atoms with Crippen LogP contribution in [-0.4, -0.2) is 22.6 Å². The molecule has 1 amide bonds. The van der Waals surface area contributed by atoms with Crippen LogP contribution in [0.4, 0.5) is 5.13 Å². The Balaban J connectivity index is 1.62. The van der Waals surface area contributed by atoms with Crippen LogP contribution in [0.1, 0.15) is 35.8 Å². The molecule has 2 heterocycles. The Hall–Kier alpha value is -3.12. The van der Waals surface area contributed by atoms with Crippen molar-refractivity contribution in [2.24, 2.45) is 0 Å². The summed E-state index contributed by atoms with van der Waals surface area (Å²) in [5.74, 6) is 0.688. The molecule has 0 saturated heterocycles. The molecule has 0 radical (unpaired) electrons. The minimum absolute atomic E-state index is 0.115. The highest BCUT2D eigenvalue weighted by atomic mass is 32.1. The predicted octanol–water partition coefficient (Wildman–Crippen LogP) is 6.13. The van der Waals surface area contributed by atoms with Gasteiger partial charge in [-0.05, 0) is 49.2 Å². The van der Waals surface area contributed by atoms with Crippen molar-refractivity contribution in [1.82, 2.24) is 9.55 Å². The van der Waals surface area contributed by atoms with Crippen molar-refractivity contribution < 1.29 is 9.53 Å². The first-order valence-corrected chi connectivity index (χ1v) is 11.0. The van der Waals surface area contributed by atoms with Gasteiger partial charge in [0.1, 0.15) is 11.4 Å². The summed E-state index contributed by atoms with van der Waals surface area (Å²) in [7, 11) is 1.65. The number of rotatable bonds is 7. The lowest BCUT2D eigenvalue weighted by atomic mass is 10.1. The zero-order valence-corrected chi connectivity index (χ0v) is 18.3. The molecule has 0 unspecified atom stereocenters. The van der Waals surface area contributed by atoms with Gasteiger partial charge in [-0.15, -0.1) is 11.3 Å². The second kappa shape index (κ2) is 8.71. The molecule has 4 rings (SSSR count). The molecule has 0 aliphatic rings. The molecule has 5 nitrogen and oxygen atoms in total. The molecule has 0 saturated carbocycles. The van der Waals surface area contributed by atoms with Gasteiger partial charge >= 0.3 is 0 Å². The average molecular weight is 420 g/mol. The minimum Gasteiger partial charge on any atom is -0.497 e. The second-order valence-corrected chi connectivity index (χ2v) is 8.07. The van der Waals surface area contributed by atoms with Crippen molar-refractivity contribution in [2.75, 3.05) is 12.4 Å². The van der Waals surface area contributed by atoms with Gasteiger partial charge in [-0.2, -0.15) is 0 Å². The number of ether oxygens (including phenoxy) is 1. The Morgan fingerprint density at radius 2 is 1.93 bits per heavy atom. The highest BCUT2D eigenvalue weighted by Gasteiger charge is 2.21. The van der Waals surface area contributed by atoms with E-state index in [0.717, 1.165) is 52.9 Å². The zero-order valence-electron chi connectivity index (χ0n) is 17.4. The molecule has 0 aliphatic heterocycles. The second-order valence-electron chi connectivity index (χ2n) is 7.22. The first-order chi connectivity index (χ1) is 14.6. The van der Waals surface area contributed by atoms with Crippen molar-refractivity contribution in [3.63, 3.8) is 0 Å². The van der Waals surface area contributed by atoms with Crippen LogP contribution in [0.3, 0.4) is 0 Å². The number of thiazole rings is 1. The molecule has 2 aromatic heterocycles. The van der Waals surface area contributed by atoms with E-state index in [1.54, 1.807) is 7.11 Å². The summed E-state index contributed by atoms with van der Waals surface area (Å²) in [4.78, 5) is 17.8. The SMILES string of the molecule is CCCCn1c(C(=O)Nc2nc(-c3ccc(OC)cc3)cs2)c(C)c2ccccc21. The lowest BCUT2D eigenvalue weighted by molar-refractivity contribution is 0.101. The van der Waals surface area contributed by atoms with E-state index < -0.39 is 0 Å². The third-order valence-electron chi connectivity index (χ3n) is 5.28. The lowest BCUT2D eigenvalue weighted by Crippen LogP contribution is -2.18. The Kier molecular flexibility index (Phi) is 5.86. The quantitative estimate of drug-likeness (QED) is 0.392. The molecule has 4 aromatic rings. The summed E-state index contributed by atoms with van der Waals surface area (Å²) >= 11 is 1.43. The number of fused-ring (bicyclic) bond motifs is 1. The molecule has 1 N–H and O–H groups in total. The van der Waals surface area contributed by atoms with Crippen molar-refractivity contribution in [1.29, 1.82) is 0 Å². The highest BCUT2D eigenvalue weighted by molar-refractivity contribution is 7.14. The van der Waals surface area contributed by atoms with Gasteiger partial charge in [0, 0.05) is 28.4 Å². The third-order valence-corrected chi connectivity index (χ3v) is 6.04. The number of hydrogen-bond donors (Lipinski definition) is 1. The van der Waals surface area contributed by atoms with Gasteiger partial charge in [-0.3, -0.25) is 10.1 Å². The lowest BCUT2D eigenvalue weighted by Gasteiger charge is -2.10. The van der Waals surface area contributed by atoms with Gasteiger partial charge in [0.2, 0.25) is 0 Å². The summed E-state index contributed by atoms with van der Waals surface area (Å²) in [5.41, 5.74) is 4.64. The molecule has 154 valence electrons. The molecule has 6 heteroatoms. The van der Waals surface area contributed by atoms with E-state index in [-0.39, 0.29) is 5.91 Å². The predicted molar refractivity (Wildman–Crippen MR) is 124 cm³/mol. The Morgan fingerprint density at radius 3 is 2.67 bits per heavy atom. The molecule has 0 aliphatic carbocycles. The van der Waals surface area contributed by atoms with Crippen molar-refractivity contribution in [3.8, 4) is 17.0 Å². The van der Waals surface area contributed by atoms with Gasteiger partial charge in [0.05, 0.1) is 12.8 Å². The maximum Gasteiger partial charge on any atom is 0.274 e. The number of methoxy groups -OCH3 is 1. The van der Waals surface area contributed by atoms with Crippen molar-refractivity contribution in [2.45, 2.75) is 33.2 Å². The van der Waals surface area contributed by atoms with Gasteiger partial charge in [-0.25, -0.2) is 4.98 Å². The van der Waals surface area contributed by atoms with Gasteiger partial charge in [0.15, 0.2) is 5.13 Å². The monoisotopic (exact) mass is 419 g/mol.